The van der Waals surface area contributed by atoms with Crippen LogP contribution in [0.5, 0.6) is 0 Å². The molecule has 0 aliphatic carbocycles. The molecule has 12 heavy (non-hydrogen) atoms. The Labute approximate surface area is 81.9 Å². The van der Waals surface area contributed by atoms with Crippen molar-refractivity contribution in [2.24, 2.45) is 0 Å². The molecule has 1 heteroatoms. The number of hydrogen-bond acceptors (Lipinski definition) is 0. The van der Waals surface area contributed by atoms with Crippen molar-refractivity contribution in [1.82, 2.24) is 0 Å². The van der Waals surface area contributed by atoms with Gasteiger partial charge in [-0.2, -0.15) is 0 Å². The Morgan fingerprint density at radius 2 is 1.83 bits per heavy atom. The first-order chi connectivity index (χ1) is 6.39. The fourth-order valence-electron chi connectivity index (χ4n) is 0.968. The van der Waals surface area contributed by atoms with Gasteiger partial charge in [-0.05, 0) is 12.8 Å². The van der Waals surface area contributed by atoms with E-state index < -0.39 is 8.07 Å². The molecule has 0 bridgehead atoms. The second kappa shape index (κ2) is 6.47. The molecule has 0 aliphatic heterocycles. The van der Waals surface area contributed by atoms with Gasteiger partial charge in [0.1, 0.15) is 0 Å². The quantitative estimate of drug-likeness (QED) is 0.426. The number of rotatable bonds is 6. The molecule has 0 amide bonds. The number of allylic oxidation sites excluding steroid dienone is 1. The molecule has 0 aromatic heterocycles. The Balaban J connectivity index is 3.99. The van der Waals surface area contributed by atoms with Crippen LogP contribution in [0.1, 0.15) is 41.8 Å². The van der Waals surface area contributed by atoms with Gasteiger partial charge in [-0.3, -0.25) is 0 Å². The average molecular weight is 186 g/mol. The van der Waals surface area contributed by atoms with Gasteiger partial charge < -0.3 is 0 Å². The maximum atomic E-state index is 7.86. The van der Waals surface area contributed by atoms with Gasteiger partial charge in [-0.1, -0.05) is 57.6 Å². The predicted octanol–water partition coefficient (Wildman–Crippen LogP) is 4.39. The van der Waals surface area contributed by atoms with Gasteiger partial charge in [0.25, 0.3) is 0 Å². The van der Waals surface area contributed by atoms with Gasteiger partial charge in [0.15, 0.2) is 0 Å². The van der Waals surface area contributed by atoms with E-state index in [9.17, 15) is 0 Å². The van der Waals surface area contributed by atoms with Crippen molar-refractivity contribution in [3.05, 3.63) is 11.7 Å². The minimum absolute atomic E-state index is 0.584. The molecule has 0 spiro atoms. The van der Waals surface area contributed by atoms with Crippen LogP contribution in [0, 0.1) is 0 Å². The van der Waals surface area contributed by atoms with E-state index in [-0.39, 0.29) is 0 Å². The van der Waals surface area contributed by atoms with Gasteiger partial charge in [0, 0.05) is 0 Å². The summed E-state index contributed by atoms with van der Waals surface area (Å²) in [6.07, 6.45) is 5.59. The highest BCUT2D eigenvalue weighted by Crippen LogP contribution is 2.06. The van der Waals surface area contributed by atoms with Crippen LogP contribution < -0.4 is 0 Å². The van der Waals surface area contributed by atoms with Crippen LogP contribution in [0.3, 0.4) is 0 Å². The topological polar surface area (TPSA) is 0 Å². The fraction of sp³-hybridized carbons (Fsp3) is 0.818. The third-order valence-electron chi connectivity index (χ3n) is 1.62. The van der Waals surface area contributed by atoms with Gasteiger partial charge in [-0.15, -0.1) is 0 Å². The number of hydrogen-bond donors (Lipinski definition) is 0. The van der Waals surface area contributed by atoms with Crippen LogP contribution in [-0.4, -0.2) is 8.07 Å². The maximum absolute atomic E-state index is 7.86. The lowest BCUT2D eigenvalue weighted by Gasteiger charge is -2.07. The molecule has 0 unspecified atom stereocenters. The van der Waals surface area contributed by atoms with Crippen LogP contribution in [0.2, 0.25) is 19.6 Å². The van der Waals surface area contributed by atoms with E-state index in [1.54, 1.807) is 0 Å². The molecule has 0 fully saturated rings. The van der Waals surface area contributed by atoms with Gasteiger partial charge in [0.2, 0.25) is 0 Å². The minimum Gasteiger partial charge on any atom is -0.0989 e. The highest BCUT2D eigenvalue weighted by Gasteiger charge is 2.05. The van der Waals surface area contributed by atoms with Gasteiger partial charge >= 0.3 is 0 Å². The Morgan fingerprint density at radius 3 is 2.33 bits per heavy atom. The van der Waals surface area contributed by atoms with E-state index in [1.807, 2.05) is 0 Å². The molecule has 0 saturated carbocycles. The number of unbranched alkanes of at least 4 members (excludes halogenated alkanes) is 3. The molecular formula is C11H24Si. The van der Waals surface area contributed by atoms with Gasteiger partial charge in [0.05, 0.1) is 10.8 Å². The largest absolute Gasteiger partial charge is 0.0989 e. The van der Waals surface area contributed by atoms with E-state index in [0.717, 1.165) is 12.8 Å². The summed E-state index contributed by atoms with van der Waals surface area (Å²) < 4.78 is 15.7. The Kier molecular flexibility index (Phi) is 4.61. The molecule has 0 rings (SSSR count). The first kappa shape index (κ1) is 8.55. The molecule has 0 heterocycles. The summed E-state index contributed by atoms with van der Waals surface area (Å²) in [4.78, 5) is 0. The third-order valence-corrected chi connectivity index (χ3v) is 2.55. The van der Waals surface area contributed by atoms with Crippen LogP contribution in [0.25, 0.3) is 0 Å². The molecule has 0 aromatic carbocycles. The Hall–Kier alpha value is -0.0431. The predicted molar refractivity (Wildman–Crippen MR) is 61.2 cm³/mol. The van der Waals surface area contributed by atoms with Crippen LogP contribution in [-0.2, 0) is 0 Å². The third kappa shape index (κ3) is 9.96. The normalized spacial score (nSPS) is 16.7. The zero-order valence-electron chi connectivity index (χ0n) is 11.0. The molecule has 0 nitrogen and oxygen atoms in total. The summed E-state index contributed by atoms with van der Waals surface area (Å²) in [6, 6.07) is 0.584. The average Bonchev–Trinajstić information content (AvgIpc) is 2.09. The van der Waals surface area contributed by atoms with Crippen molar-refractivity contribution in [3.8, 4) is 0 Å². The van der Waals surface area contributed by atoms with Crippen LogP contribution in [0.4, 0.5) is 0 Å². The summed E-state index contributed by atoms with van der Waals surface area (Å²) in [5.41, 5.74) is 0.633. The molecule has 0 aliphatic rings. The lowest BCUT2D eigenvalue weighted by Crippen LogP contribution is -2.15. The van der Waals surface area contributed by atoms with E-state index >= 15 is 0 Å². The van der Waals surface area contributed by atoms with Crippen molar-refractivity contribution >= 4 is 8.07 Å². The summed E-state index contributed by atoms with van der Waals surface area (Å²) in [5, 5.41) is 0. The molecule has 0 aromatic rings. The van der Waals surface area contributed by atoms with Crippen LogP contribution >= 0.6 is 0 Å². The standard InChI is InChI=1S/C11H24Si/c1-5-6-7-8-9-10-11-12(2,3)4/h10-11H,5-9H2,1-4H3/b11-10-/i10D,11D. The molecular weight excluding hydrogens is 160 g/mol. The second-order valence-corrected chi connectivity index (χ2v) is 9.11. The van der Waals surface area contributed by atoms with Crippen molar-refractivity contribution in [2.75, 3.05) is 0 Å². The fourth-order valence-corrected chi connectivity index (χ4v) is 1.62. The highest BCUT2D eigenvalue weighted by molar-refractivity contribution is 6.80. The lowest BCUT2D eigenvalue weighted by molar-refractivity contribution is 0.674. The first-order valence-corrected chi connectivity index (χ1v) is 8.56. The highest BCUT2D eigenvalue weighted by atomic mass is 28.3. The van der Waals surface area contributed by atoms with E-state index in [1.165, 1.54) is 19.3 Å². The Morgan fingerprint density at radius 1 is 1.17 bits per heavy atom. The lowest BCUT2D eigenvalue weighted by atomic mass is 10.2. The molecule has 0 radical (unpaired) electrons. The molecule has 0 atom stereocenters. The van der Waals surface area contributed by atoms with Gasteiger partial charge in [-0.25, -0.2) is 0 Å². The molecule has 0 N–H and O–H groups in total. The van der Waals surface area contributed by atoms with Crippen molar-refractivity contribution in [2.45, 2.75) is 58.7 Å². The SMILES string of the molecule is [2H]/C(CCCCCC)=C(\[2H])[Si](C)(C)C. The smallest absolute Gasteiger partial charge is 0.0682 e. The second-order valence-electron chi connectivity index (χ2n) is 4.36. The van der Waals surface area contributed by atoms with Crippen molar-refractivity contribution < 1.29 is 2.74 Å². The minimum atomic E-state index is -1.53. The summed E-state index contributed by atoms with van der Waals surface area (Å²) >= 11 is 0. The summed E-state index contributed by atoms with van der Waals surface area (Å²) in [6.45, 7) is 8.59. The molecule has 0 saturated heterocycles. The van der Waals surface area contributed by atoms with E-state index in [4.69, 9.17) is 2.74 Å². The van der Waals surface area contributed by atoms with Crippen molar-refractivity contribution in [3.63, 3.8) is 0 Å². The Bertz CT molecular complexity index is 192. The first-order valence-electron chi connectivity index (χ1n) is 6.06. The van der Waals surface area contributed by atoms with E-state index in [2.05, 4.69) is 26.6 Å². The summed E-state index contributed by atoms with van der Waals surface area (Å²) in [5.74, 6) is 0. The van der Waals surface area contributed by atoms with Crippen molar-refractivity contribution in [1.29, 1.82) is 0 Å². The zero-order valence-corrected chi connectivity index (χ0v) is 10.0. The maximum Gasteiger partial charge on any atom is 0.0682 e. The molecule has 72 valence electrons. The zero-order chi connectivity index (χ0) is 11.2. The summed E-state index contributed by atoms with van der Waals surface area (Å²) in [7, 11) is -1.53. The monoisotopic (exact) mass is 186 g/mol. The van der Waals surface area contributed by atoms with Crippen LogP contribution in [0.15, 0.2) is 11.7 Å². The van der Waals surface area contributed by atoms with E-state index in [0.29, 0.717) is 11.7 Å².